The molecule has 0 amide bonds. The van der Waals surface area contributed by atoms with E-state index in [9.17, 15) is 0 Å². The van der Waals surface area contributed by atoms with E-state index in [0.29, 0.717) is 6.04 Å². The van der Waals surface area contributed by atoms with Gasteiger partial charge in [-0.2, -0.15) is 0 Å². The standard InChI is InChI=1S/C17H31N/c1-13(2)6-7-15(5)12-16-8-10-17(11-9-16)18-14(3)4/h13,16-18H,3,5-12H2,1-2,4H3. The summed E-state index contributed by atoms with van der Waals surface area (Å²) in [5.74, 6) is 1.69. The largest absolute Gasteiger partial charge is 0.386 e. The number of nitrogens with one attached hydrogen (secondary N) is 1. The van der Waals surface area contributed by atoms with Crippen molar-refractivity contribution in [1.29, 1.82) is 0 Å². The minimum Gasteiger partial charge on any atom is -0.386 e. The molecule has 0 radical (unpaired) electrons. The molecular weight excluding hydrogens is 218 g/mol. The van der Waals surface area contributed by atoms with E-state index in [1.807, 2.05) is 0 Å². The normalized spacial score (nSPS) is 24.0. The van der Waals surface area contributed by atoms with E-state index in [-0.39, 0.29) is 0 Å². The van der Waals surface area contributed by atoms with Crippen LogP contribution in [0.4, 0.5) is 0 Å². The Morgan fingerprint density at radius 2 is 1.78 bits per heavy atom. The van der Waals surface area contributed by atoms with Gasteiger partial charge in [-0.05, 0) is 63.7 Å². The number of allylic oxidation sites excluding steroid dienone is 2. The predicted molar refractivity (Wildman–Crippen MR) is 81.5 cm³/mol. The van der Waals surface area contributed by atoms with Gasteiger partial charge in [-0.3, -0.25) is 0 Å². The van der Waals surface area contributed by atoms with Crippen LogP contribution in [0.15, 0.2) is 24.4 Å². The fourth-order valence-electron chi connectivity index (χ4n) is 2.86. The Labute approximate surface area is 114 Å². The fourth-order valence-corrected chi connectivity index (χ4v) is 2.86. The summed E-state index contributed by atoms with van der Waals surface area (Å²) in [7, 11) is 0. The monoisotopic (exact) mass is 249 g/mol. The van der Waals surface area contributed by atoms with Gasteiger partial charge in [0.15, 0.2) is 0 Å². The second kappa shape index (κ2) is 7.66. The van der Waals surface area contributed by atoms with Gasteiger partial charge in [0, 0.05) is 11.7 Å². The first-order chi connectivity index (χ1) is 8.47. The van der Waals surface area contributed by atoms with Gasteiger partial charge in [-0.15, -0.1) is 0 Å². The van der Waals surface area contributed by atoms with Crippen LogP contribution < -0.4 is 5.32 Å². The predicted octanol–water partition coefficient (Wildman–Crippen LogP) is 5.05. The molecule has 0 aliphatic heterocycles. The maximum Gasteiger partial charge on any atom is 0.0258 e. The summed E-state index contributed by atoms with van der Waals surface area (Å²) in [6.07, 6.45) is 9.08. The molecule has 18 heavy (non-hydrogen) atoms. The lowest BCUT2D eigenvalue weighted by molar-refractivity contribution is 0.299. The van der Waals surface area contributed by atoms with Crippen molar-refractivity contribution in [1.82, 2.24) is 5.32 Å². The molecule has 1 heteroatoms. The first-order valence-electron chi connectivity index (χ1n) is 7.56. The molecule has 1 N–H and O–H groups in total. The van der Waals surface area contributed by atoms with Crippen LogP contribution in [0, 0.1) is 11.8 Å². The summed E-state index contributed by atoms with van der Waals surface area (Å²) in [5.41, 5.74) is 2.58. The maximum atomic E-state index is 4.26. The first-order valence-corrected chi connectivity index (χ1v) is 7.56. The Morgan fingerprint density at radius 1 is 1.17 bits per heavy atom. The van der Waals surface area contributed by atoms with E-state index in [1.54, 1.807) is 0 Å². The molecule has 0 bridgehead atoms. The van der Waals surface area contributed by atoms with E-state index >= 15 is 0 Å². The van der Waals surface area contributed by atoms with Crippen molar-refractivity contribution in [2.24, 2.45) is 11.8 Å². The van der Waals surface area contributed by atoms with Gasteiger partial charge in [-0.25, -0.2) is 0 Å². The smallest absolute Gasteiger partial charge is 0.0258 e. The van der Waals surface area contributed by atoms with Crippen molar-refractivity contribution in [2.75, 3.05) is 0 Å². The van der Waals surface area contributed by atoms with Gasteiger partial charge in [0.1, 0.15) is 0 Å². The SMILES string of the molecule is C=C(CCC(C)C)CC1CCC(NC(=C)C)CC1. The average molecular weight is 249 g/mol. The fraction of sp³-hybridized carbons (Fsp3) is 0.765. The van der Waals surface area contributed by atoms with Crippen molar-refractivity contribution in [3.8, 4) is 0 Å². The molecule has 0 heterocycles. The zero-order valence-electron chi connectivity index (χ0n) is 12.6. The topological polar surface area (TPSA) is 12.0 Å². The minimum atomic E-state index is 0.669. The Balaban J connectivity index is 2.18. The van der Waals surface area contributed by atoms with Crippen molar-refractivity contribution in [3.05, 3.63) is 24.4 Å². The minimum absolute atomic E-state index is 0.669. The summed E-state index contributed by atoms with van der Waals surface area (Å²) in [5, 5.41) is 3.48. The maximum absolute atomic E-state index is 4.26. The van der Waals surface area contributed by atoms with Crippen LogP contribution in [0.3, 0.4) is 0 Å². The zero-order chi connectivity index (χ0) is 13.5. The van der Waals surface area contributed by atoms with E-state index in [1.165, 1.54) is 50.5 Å². The highest BCUT2D eigenvalue weighted by Crippen LogP contribution is 2.30. The lowest BCUT2D eigenvalue weighted by Gasteiger charge is -2.30. The van der Waals surface area contributed by atoms with Crippen LogP contribution in [-0.2, 0) is 0 Å². The van der Waals surface area contributed by atoms with Crippen LogP contribution in [0.1, 0.15) is 65.7 Å². The first kappa shape index (κ1) is 15.3. The average Bonchev–Trinajstić information content (AvgIpc) is 2.28. The van der Waals surface area contributed by atoms with E-state index < -0.39 is 0 Å². The molecule has 0 aromatic carbocycles. The molecule has 104 valence electrons. The molecular formula is C17H31N. The summed E-state index contributed by atoms with van der Waals surface area (Å²) in [6, 6.07) is 0.669. The van der Waals surface area contributed by atoms with Crippen LogP contribution >= 0.6 is 0 Å². The third-order valence-corrected chi connectivity index (χ3v) is 3.95. The Kier molecular flexibility index (Phi) is 6.52. The third kappa shape index (κ3) is 6.28. The molecule has 0 saturated heterocycles. The van der Waals surface area contributed by atoms with Crippen molar-refractivity contribution in [2.45, 2.75) is 71.8 Å². The third-order valence-electron chi connectivity index (χ3n) is 3.95. The molecule has 1 nitrogen and oxygen atoms in total. The zero-order valence-corrected chi connectivity index (χ0v) is 12.6. The second-order valence-electron chi connectivity index (χ2n) is 6.53. The number of hydrogen-bond donors (Lipinski definition) is 1. The van der Waals surface area contributed by atoms with E-state index in [0.717, 1.165) is 17.5 Å². The summed E-state index contributed by atoms with van der Waals surface area (Å²) in [4.78, 5) is 0. The molecule has 0 aromatic rings. The molecule has 0 spiro atoms. The van der Waals surface area contributed by atoms with Gasteiger partial charge in [0.2, 0.25) is 0 Å². The molecule has 0 aromatic heterocycles. The quantitative estimate of drug-likeness (QED) is 0.622. The lowest BCUT2D eigenvalue weighted by atomic mass is 9.81. The molecule has 0 unspecified atom stereocenters. The van der Waals surface area contributed by atoms with E-state index in [4.69, 9.17) is 0 Å². The second-order valence-corrected chi connectivity index (χ2v) is 6.53. The number of rotatable bonds is 7. The molecule has 0 atom stereocenters. The Morgan fingerprint density at radius 3 is 2.28 bits per heavy atom. The summed E-state index contributed by atoms with van der Waals surface area (Å²) >= 11 is 0. The Hall–Kier alpha value is -0.720. The highest BCUT2D eigenvalue weighted by molar-refractivity contribution is 4.98. The van der Waals surface area contributed by atoms with Gasteiger partial charge >= 0.3 is 0 Å². The highest BCUT2D eigenvalue weighted by atomic mass is 14.9. The highest BCUT2D eigenvalue weighted by Gasteiger charge is 2.21. The Bertz CT molecular complexity index is 269. The van der Waals surface area contributed by atoms with Crippen LogP contribution in [0.25, 0.3) is 0 Å². The van der Waals surface area contributed by atoms with Gasteiger partial charge in [0.25, 0.3) is 0 Å². The van der Waals surface area contributed by atoms with Gasteiger partial charge in [-0.1, -0.05) is 32.6 Å². The molecule has 1 aliphatic carbocycles. The van der Waals surface area contributed by atoms with Crippen LogP contribution in [-0.4, -0.2) is 6.04 Å². The van der Waals surface area contributed by atoms with Gasteiger partial charge in [0.05, 0.1) is 0 Å². The summed E-state index contributed by atoms with van der Waals surface area (Å²) in [6.45, 7) is 14.8. The molecule has 1 fully saturated rings. The van der Waals surface area contributed by atoms with Crippen molar-refractivity contribution >= 4 is 0 Å². The van der Waals surface area contributed by atoms with Gasteiger partial charge < -0.3 is 5.32 Å². The van der Waals surface area contributed by atoms with Crippen LogP contribution in [0.2, 0.25) is 0 Å². The summed E-state index contributed by atoms with van der Waals surface area (Å²) < 4.78 is 0. The van der Waals surface area contributed by atoms with Crippen LogP contribution in [0.5, 0.6) is 0 Å². The molecule has 1 rings (SSSR count). The lowest BCUT2D eigenvalue weighted by Crippen LogP contribution is -2.31. The van der Waals surface area contributed by atoms with Crippen molar-refractivity contribution < 1.29 is 0 Å². The molecule has 1 aliphatic rings. The number of hydrogen-bond acceptors (Lipinski definition) is 1. The van der Waals surface area contributed by atoms with E-state index in [2.05, 4.69) is 39.2 Å². The van der Waals surface area contributed by atoms with Crippen molar-refractivity contribution in [3.63, 3.8) is 0 Å². The molecule has 1 saturated carbocycles.